The standard InChI is InChI=1S/C8H14N2O2S/c1-2-9-8-10(5-6-13-8)4-3-7(11)12/h2-6H2,1H3,(H,11,12). The number of carboxylic acids is 1. The Kier molecular flexibility index (Phi) is 4.08. The van der Waals surface area contributed by atoms with Crippen molar-refractivity contribution in [1.82, 2.24) is 4.90 Å². The summed E-state index contributed by atoms with van der Waals surface area (Å²) in [6, 6.07) is 0. The van der Waals surface area contributed by atoms with Crippen LogP contribution in [0.15, 0.2) is 4.99 Å². The molecule has 0 aromatic rings. The molecule has 0 aromatic heterocycles. The van der Waals surface area contributed by atoms with Gasteiger partial charge in [0.1, 0.15) is 0 Å². The largest absolute Gasteiger partial charge is 0.481 e. The average molecular weight is 202 g/mol. The molecule has 4 nitrogen and oxygen atoms in total. The fourth-order valence-electron chi connectivity index (χ4n) is 1.15. The zero-order valence-electron chi connectivity index (χ0n) is 7.69. The van der Waals surface area contributed by atoms with Gasteiger partial charge < -0.3 is 10.0 Å². The Labute approximate surface area is 82.0 Å². The number of hydrogen-bond acceptors (Lipinski definition) is 3. The number of rotatable bonds is 4. The maximum atomic E-state index is 10.3. The van der Waals surface area contributed by atoms with Crippen LogP contribution in [-0.4, -0.2) is 46.5 Å². The molecule has 1 fully saturated rings. The third-order valence-corrected chi connectivity index (χ3v) is 2.78. The van der Waals surface area contributed by atoms with Gasteiger partial charge in [-0.1, -0.05) is 11.8 Å². The molecule has 1 heterocycles. The molecule has 0 amide bonds. The van der Waals surface area contributed by atoms with Crippen molar-refractivity contribution in [2.75, 3.05) is 25.4 Å². The summed E-state index contributed by atoms with van der Waals surface area (Å²) in [4.78, 5) is 16.7. The molecule has 1 aliphatic heterocycles. The van der Waals surface area contributed by atoms with E-state index in [0.717, 1.165) is 24.0 Å². The normalized spacial score (nSPS) is 19.8. The first-order valence-electron chi connectivity index (χ1n) is 4.38. The highest BCUT2D eigenvalue weighted by Crippen LogP contribution is 2.17. The Morgan fingerprint density at radius 2 is 2.54 bits per heavy atom. The summed E-state index contributed by atoms with van der Waals surface area (Å²) < 4.78 is 0. The number of aliphatic imine (C=N–C) groups is 1. The molecule has 0 radical (unpaired) electrons. The summed E-state index contributed by atoms with van der Waals surface area (Å²) in [5, 5.41) is 9.52. The molecular formula is C8H14N2O2S. The van der Waals surface area contributed by atoms with Crippen LogP contribution >= 0.6 is 11.8 Å². The summed E-state index contributed by atoms with van der Waals surface area (Å²) in [6.45, 7) is 4.27. The van der Waals surface area contributed by atoms with Crippen molar-refractivity contribution < 1.29 is 9.90 Å². The van der Waals surface area contributed by atoms with Crippen LogP contribution in [0.25, 0.3) is 0 Å². The van der Waals surface area contributed by atoms with Gasteiger partial charge in [-0.15, -0.1) is 0 Å². The Morgan fingerprint density at radius 3 is 3.15 bits per heavy atom. The molecule has 13 heavy (non-hydrogen) atoms. The second kappa shape index (κ2) is 5.11. The van der Waals surface area contributed by atoms with Crippen molar-refractivity contribution in [3.05, 3.63) is 0 Å². The van der Waals surface area contributed by atoms with Crippen molar-refractivity contribution in [1.29, 1.82) is 0 Å². The maximum Gasteiger partial charge on any atom is 0.305 e. The van der Waals surface area contributed by atoms with Gasteiger partial charge in [-0.2, -0.15) is 0 Å². The lowest BCUT2D eigenvalue weighted by molar-refractivity contribution is -0.137. The lowest BCUT2D eigenvalue weighted by Crippen LogP contribution is -2.27. The Balaban J connectivity index is 2.39. The second-order valence-corrected chi connectivity index (χ2v) is 3.80. The maximum absolute atomic E-state index is 10.3. The number of nitrogens with zero attached hydrogens (tertiary/aromatic N) is 2. The van der Waals surface area contributed by atoms with E-state index in [1.165, 1.54) is 0 Å². The van der Waals surface area contributed by atoms with Crippen molar-refractivity contribution in [2.45, 2.75) is 13.3 Å². The minimum Gasteiger partial charge on any atom is -0.481 e. The van der Waals surface area contributed by atoms with Crippen molar-refractivity contribution in [3.8, 4) is 0 Å². The van der Waals surface area contributed by atoms with Gasteiger partial charge in [0, 0.05) is 25.4 Å². The van der Waals surface area contributed by atoms with Crippen LogP contribution in [0.2, 0.25) is 0 Å². The summed E-state index contributed by atoms with van der Waals surface area (Å²) >= 11 is 1.71. The average Bonchev–Trinajstić information content (AvgIpc) is 2.49. The van der Waals surface area contributed by atoms with E-state index in [1.807, 2.05) is 11.8 Å². The number of carboxylic acid groups (broad SMARTS) is 1. The number of amidine groups is 1. The lowest BCUT2D eigenvalue weighted by Gasteiger charge is -2.15. The van der Waals surface area contributed by atoms with Crippen LogP contribution in [0.5, 0.6) is 0 Å². The van der Waals surface area contributed by atoms with Gasteiger partial charge in [-0.05, 0) is 6.92 Å². The summed E-state index contributed by atoms with van der Waals surface area (Å²) in [5.41, 5.74) is 0. The zero-order chi connectivity index (χ0) is 9.68. The molecule has 5 heteroatoms. The molecule has 0 bridgehead atoms. The minimum absolute atomic E-state index is 0.198. The van der Waals surface area contributed by atoms with E-state index in [2.05, 4.69) is 4.99 Å². The quantitative estimate of drug-likeness (QED) is 0.735. The Bertz CT molecular complexity index is 218. The second-order valence-electron chi connectivity index (χ2n) is 2.74. The van der Waals surface area contributed by atoms with Gasteiger partial charge in [0.25, 0.3) is 0 Å². The smallest absolute Gasteiger partial charge is 0.305 e. The Morgan fingerprint density at radius 1 is 1.77 bits per heavy atom. The van der Waals surface area contributed by atoms with Crippen LogP contribution in [0.4, 0.5) is 0 Å². The predicted octanol–water partition coefficient (Wildman–Crippen LogP) is 0.886. The third-order valence-electron chi connectivity index (χ3n) is 1.75. The fourth-order valence-corrected chi connectivity index (χ4v) is 2.23. The molecule has 1 N–H and O–H groups in total. The topological polar surface area (TPSA) is 52.9 Å². The van der Waals surface area contributed by atoms with Crippen LogP contribution < -0.4 is 0 Å². The number of carbonyl (C=O) groups is 1. The van der Waals surface area contributed by atoms with E-state index in [0.29, 0.717) is 6.54 Å². The van der Waals surface area contributed by atoms with Crippen molar-refractivity contribution in [3.63, 3.8) is 0 Å². The van der Waals surface area contributed by atoms with Gasteiger partial charge >= 0.3 is 5.97 Å². The molecule has 1 saturated heterocycles. The molecule has 1 rings (SSSR count). The molecule has 0 spiro atoms. The first kappa shape index (κ1) is 10.4. The number of thioether (sulfide) groups is 1. The van der Waals surface area contributed by atoms with Gasteiger partial charge in [0.2, 0.25) is 0 Å². The van der Waals surface area contributed by atoms with E-state index in [1.54, 1.807) is 11.8 Å². The van der Waals surface area contributed by atoms with E-state index < -0.39 is 5.97 Å². The minimum atomic E-state index is -0.743. The highest BCUT2D eigenvalue weighted by atomic mass is 32.2. The van der Waals surface area contributed by atoms with Gasteiger partial charge in [-0.3, -0.25) is 9.79 Å². The Hall–Kier alpha value is -0.710. The lowest BCUT2D eigenvalue weighted by atomic mass is 10.4. The summed E-state index contributed by atoms with van der Waals surface area (Å²) in [7, 11) is 0. The van der Waals surface area contributed by atoms with Crippen LogP contribution in [0, 0.1) is 0 Å². The molecule has 0 aromatic carbocycles. The molecular weight excluding hydrogens is 188 g/mol. The summed E-state index contributed by atoms with van der Waals surface area (Å²) in [5.74, 6) is 0.283. The molecule has 0 aliphatic carbocycles. The number of hydrogen-bond donors (Lipinski definition) is 1. The molecule has 1 aliphatic rings. The van der Waals surface area contributed by atoms with Crippen molar-refractivity contribution in [2.24, 2.45) is 4.99 Å². The predicted molar refractivity (Wildman–Crippen MR) is 54.3 cm³/mol. The monoisotopic (exact) mass is 202 g/mol. The number of aliphatic carboxylic acids is 1. The van der Waals surface area contributed by atoms with Crippen molar-refractivity contribution >= 4 is 22.9 Å². The first-order chi connectivity index (χ1) is 6.24. The van der Waals surface area contributed by atoms with Crippen LogP contribution in [-0.2, 0) is 4.79 Å². The van der Waals surface area contributed by atoms with E-state index in [4.69, 9.17) is 5.11 Å². The molecule has 74 valence electrons. The summed E-state index contributed by atoms with van der Waals surface area (Å²) in [6.07, 6.45) is 0.198. The van der Waals surface area contributed by atoms with Gasteiger partial charge in [-0.25, -0.2) is 0 Å². The zero-order valence-corrected chi connectivity index (χ0v) is 8.51. The van der Waals surface area contributed by atoms with E-state index >= 15 is 0 Å². The molecule has 0 unspecified atom stereocenters. The first-order valence-corrected chi connectivity index (χ1v) is 5.36. The SMILES string of the molecule is CCN=C1SCCN1CCC(=O)O. The van der Waals surface area contributed by atoms with Gasteiger partial charge in [0.15, 0.2) is 5.17 Å². The van der Waals surface area contributed by atoms with E-state index in [-0.39, 0.29) is 6.42 Å². The fraction of sp³-hybridized carbons (Fsp3) is 0.750. The highest BCUT2D eigenvalue weighted by molar-refractivity contribution is 8.14. The van der Waals surface area contributed by atoms with Crippen LogP contribution in [0.3, 0.4) is 0 Å². The van der Waals surface area contributed by atoms with E-state index in [9.17, 15) is 4.79 Å². The molecule has 0 saturated carbocycles. The van der Waals surface area contributed by atoms with Gasteiger partial charge in [0.05, 0.1) is 6.42 Å². The molecule has 0 atom stereocenters. The third kappa shape index (κ3) is 3.26. The highest BCUT2D eigenvalue weighted by Gasteiger charge is 2.18. The van der Waals surface area contributed by atoms with Crippen LogP contribution in [0.1, 0.15) is 13.3 Å².